The average Bonchev–Trinajstić information content (AvgIpc) is 3.48. The van der Waals surface area contributed by atoms with Gasteiger partial charge in [-0.25, -0.2) is 9.50 Å². The quantitative estimate of drug-likeness (QED) is 0.340. The van der Waals surface area contributed by atoms with Crippen LogP contribution < -0.4 is 5.32 Å². The van der Waals surface area contributed by atoms with Gasteiger partial charge in [-0.1, -0.05) is 41.9 Å². The van der Waals surface area contributed by atoms with Gasteiger partial charge in [0.15, 0.2) is 11.4 Å². The SMILES string of the molecule is CCn1cc(-c2ccnc3c(C(=O)Nc4ccc(Cl)cc4C(=O)c4ccccc4)cnn23)c(C)n1. The van der Waals surface area contributed by atoms with Crippen molar-refractivity contribution in [2.75, 3.05) is 5.32 Å². The van der Waals surface area contributed by atoms with E-state index in [9.17, 15) is 9.59 Å². The van der Waals surface area contributed by atoms with Crippen molar-refractivity contribution in [3.63, 3.8) is 0 Å². The van der Waals surface area contributed by atoms with Gasteiger partial charge >= 0.3 is 0 Å². The van der Waals surface area contributed by atoms with Crippen LogP contribution in [0.25, 0.3) is 16.9 Å². The van der Waals surface area contributed by atoms with Crippen molar-refractivity contribution in [1.29, 1.82) is 0 Å². The summed E-state index contributed by atoms with van der Waals surface area (Å²) in [7, 11) is 0. The average molecular weight is 485 g/mol. The normalized spacial score (nSPS) is 11.1. The molecule has 0 fully saturated rings. The molecule has 3 heterocycles. The Morgan fingerprint density at radius 3 is 2.60 bits per heavy atom. The molecular formula is C26H21ClN6O2. The maximum atomic E-state index is 13.3. The van der Waals surface area contributed by atoms with E-state index >= 15 is 0 Å². The predicted molar refractivity (Wildman–Crippen MR) is 134 cm³/mol. The standard InChI is InChI=1S/C26H21ClN6O2/c1-3-32-15-21(16(2)31-32)23-11-12-28-25-20(14-29-33(23)25)26(35)30-22-10-9-18(27)13-19(22)24(34)17-7-5-4-6-8-17/h4-15H,3H2,1-2H3,(H,30,35). The van der Waals surface area contributed by atoms with Crippen LogP contribution in [0.15, 0.2) is 73.2 Å². The molecule has 0 aliphatic heterocycles. The van der Waals surface area contributed by atoms with Crippen LogP contribution in [-0.2, 0) is 6.54 Å². The van der Waals surface area contributed by atoms with Crippen molar-refractivity contribution < 1.29 is 9.59 Å². The molecule has 0 aliphatic carbocycles. The van der Waals surface area contributed by atoms with Gasteiger partial charge in [0.05, 0.1) is 23.3 Å². The van der Waals surface area contributed by atoms with Crippen LogP contribution in [0.3, 0.4) is 0 Å². The topological polar surface area (TPSA) is 94.2 Å². The van der Waals surface area contributed by atoms with Crippen LogP contribution in [0.4, 0.5) is 5.69 Å². The Kier molecular flexibility index (Phi) is 5.88. The van der Waals surface area contributed by atoms with Gasteiger partial charge in [-0.15, -0.1) is 0 Å². The third kappa shape index (κ3) is 4.20. The molecule has 0 atom stereocenters. The summed E-state index contributed by atoms with van der Waals surface area (Å²) in [5.74, 6) is -0.679. The van der Waals surface area contributed by atoms with E-state index in [2.05, 4.69) is 20.5 Å². The van der Waals surface area contributed by atoms with Gasteiger partial charge in [-0.2, -0.15) is 10.2 Å². The predicted octanol–water partition coefficient (Wildman–Crippen LogP) is 5.06. The van der Waals surface area contributed by atoms with E-state index in [0.717, 1.165) is 23.5 Å². The molecule has 0 unspecified atom stereocenters. The van der Waals surface area contributed by atoms with E-state index in [1.54, 1.807) is 53.2 Å². The summed E-state index contributed by atoms with van der Waals surface area (Å²) >= 11 is 6.17. The van der Waals surface area contributed by atoms with E-state index < -0.39 is 5.91 Å². The van der Waals surface area contributed by atoms with Gasteiger partial charge in [0, 0.05) is 40.7 Å². The Hall–Kier alpha value is -4.30. The molecule has 0 saturated carbocycles. The van der Waals surface area contributed by atoms with Gasteiger partial charge in [-0.05, 0) is 38.1 Å². The van der Waals surface area contributed by atoms with E-state index in [4.69, 9.17) is 11.6 Å². The highest BCUT2D eigenvalue weighted by Gasteiger charge is 2.21. The Morgan fingerprint density at radius 1 is 1.06 bits per heavy atom. The van der Waals surface area contributed by atoms with E-state index in [0.29, 0.717) is 27.5 Å². The fourth-order valence-electron chi connectivity index (χ4n) is 3.93. The molecule has 35 heavy (non-hydrogen) atoms. The lowest BCUT2D eigenvalue weighted by atomic mass is 10.0. The number of nitrogens with one attached hydrogen (secondary N) is 1. The van der Waals surface area contributed by atoms with Gasteiger partial charge < -0.3 is 5.32 Å². The third-order valence-electron chi connectivity index (χ3n) is 5.70. The molecule has 5 aromatic rings. The van der Waals surface area contributed by atoms with Crippen molar-refractivity contribution in [2.45, 2.75) is 20.4 Å². The fraction of sp³-hybridized carbons (Fsp3) is 0.115. The van der Waals surface area contributed by atoms with Crippen LogP contribution in [-0.4, -0.2) is 36.1 Å². The number of fused-ring (bicyclic) bond motifs is 1. The van der Waals surface area contributed by atoms with Crippen LogP contribution in [0.2, 0.25) is 5.02 Å². The van der Waals surface area contributed by atoms with Crippen LogP contribution in [0.1, 0.15) is 38.9 Å². The number of anilines is 1. The molecule has 0 radical (unpaired) electrons. The molecule has 0 aliphatic rings. The van der Waals surface area contributed by atoms with Crippen LogP contribution in [0.5, 0.6) is 0 Å². The molecule has 1 N–H and O–H groups in total. The van der Waals surface area contributed by atoms with Crippen molar-refractivity contribution in [3.05, 3.63) is 101 Å². The van der Waals surface area contributed by atoms with Gasteiger partial charge in [0.25, 0.3) is 5.91 Å². The number of carbonyl (C=O) groups excluding carboxylic acids is 2. The van der Waals surface area contributed by atoms with E-state index in [1.807, 2.05) is 36.9 Å². The molecule has 0 saturated heterocycles. The summed E-state index contributed by atoms with van der Waals surface area (Å²) in [6, 6.07) is 15.5. The monoisotopic (exact) mass is 484 g/mol. The number of nitrogens with zero attached hydrogens (tertiary/aromatic N) is 5. The number of hydrogen-bond donors (Lipinski definition) is 1. The molecule has 9 heteroatoms. The highest BCUT2D eigenvalue weighted by atomic mass is 35.5. The molecule has 8 nitrogen and oxygen atoms in total. The second-order valence-corrected chi connectivity index (χ2v) is 8.38. The lowest BCUT2D eigenvalue weighted by Gasteiger charge is -2.11. The van der Waals surface area contributed by atoms with Crippen molar-refractivity contribution in [1.82, 2.24) is 24.4 Å². The number of amides is 1. The summed E-state index contributed by atoms with van der Waals surface area (Å²) in [5, 5.41) is 12.2. The number of ketones is 1. The maximum Gasteiger partial charge on any atom is 0.261 e. The Bertz CT molecular complexity index is 1570. The number of aromatic nitrogens is 5. The van der Waals surface area contributed by atoms with Crippen molar-refractivity contribution in [3.8, 4) is 11.3 Å². The second kappa shape index (κ2) is 9.15. The summed E-state index contributed by atoms with van der Waals surface area (Å²) in [6.07, 6.45) is 5.05. The maximum absolute atomic E-state index is 13.3. The minimum absolute atomic E-state index is 0.243. The Balaban J connectivity index is 1.51. The number of benzene rings is 2. The first kappa shape index (κ1) is 22.5. The zero-order valence-electron chi connectivity index (χ0n) is 19.1. The minimum atomic E-state index is -0.435. The summed E-state index contributed by atoms with van der Waals surface area (Å²) in [5.41, 5.74) is 4.35. The molecule has 174 valence electrons. The third-order valence-corrected chi connectivity index (χ3v) is 5.94. The molecular weight excluding hydrogens is 464 g/mol. The number of aryl methyl sites for hydroxylation is 2. The van der Waals surface area contributed by atoms with Gasteiger partial charge in [-0.3, -0.25) is 14.3 Å². The summed E-state index contributed by atoms with van der Waals surface area (Å²) in [6.45, 7) is 4.69. The first-order chi connectivity index (χ1) is 17.0. The summed E-state index contributed by atoms with van der Waals surface area (Å²) in [4.78, 5) is 30.8. The smallest absolute Gasteiger partial charge is 0.261 e. The van der Waals surface area contributed by atoms with E-state index in [1.165, 1.54) is 6.20 Å². The molecule has 0 bridgehead atoms. The minimum Gasteiger partial charge on any atom is -0.321 e. The first-order valence-corrected chi connectivity index (χ1v) is 11.4. The Morgan fingerprint density at radius 2 is 1.86 bits per heavy atom. The fourth-order valence-corrected chi connectivity index (χ4v) is 4.11. The van der Waals surface area contributed by atoms with Crippen molar-refractivity contribution in [2.24, 2.45) is 0 Å². The lowest BCUT2D eigenvalue weighted by Crippen LogP contribution is -2.15. The largest absolute Gasteiger partial charge is 0.321 e. The number of carbonyl (C=O) groups is 2. The molecule has 2 aromatic carbocycles. The molecule has 0 spiro atoms. The highest BCUT2D eigenvalue weighted by Crippen LogP contribution is 2.26. The first-order valence-electron chi connectivity index (χ1n) is 11.0. The molecule has 5 rings (SSSR count). The highest BCUT2D eigenvalue weighted by molar-refractivity contribution is 6.31. The number of hydrogen-bond acceptors (Lipinski definition) is 5. The zero-order valence-corrected chi connectivity index (χ0v) is 19.8. The zero-order chi connectivity index (χ0) is 24.5. The van der Waals surface area contributed by atoms with Gasteiger partial charge in [0.1, 0.15) is 5.56 Å². The Labute approximate surface area is 206 Å². The second-order valence-electron chi connectivity index (χ2n) is 7.95. The molecule has 3 aromatic heterocycles. The molecule has 1 amide bonds. The van der Waals surface area contributed by atoms with Crippen molar-refractivity contribution >= 4 is 34.6 Å². The number of rotatable bonds is 6. The summed E-state index contributed by atoms with van der Waals surface area (Å²) < 4.78 is 3.47. The lowest BCUT2D eigenvalue weighted by molar-refractivity contribution is 0.102. The number of halogens is 1. The van der Waals surface area contributed by atoms with Crippen LogP contribution in [0, 0.1) is 6.92 Å². The van der Waals surface area contributed by atoms with Crippen LogP contribution >= 0.6 is 11.6 Å². The van der Waals surface area contributed by atoms with Gasteiger partial charge in [0.2, 0.25) is 0 Å². The van der Waals surface area contributed by atoms with E-state index in [-0.39, 0.29) is 11.3 Å².